The fraction of sp³-hybridized carbons (Fsp3) is 0.462. The second kappa shape index (κ2) is 5.38. The van der Waals surface area contributed by atoms with Crippen LogP contribution in [0, 0.1) is 10.1 Å². The van der Waals surface area contributed by atoms with E-state index in [0.717, 1.165) is 0 Å². The van der Waals surface area contributed by atoms with Gasteiger partial charge in [0.2, 0.25) is 0 Å². The normalized spacial score (nSPS) is 17.9. The molecule has 1 aliphatic rings. The zero-order chi connectivity index (χ0) is 14.9. The Morgan fingerprint density at radius 3 is 2.75 bits per heavy atom. The number of carbonyl (C=O) groups excluding carboxylic acids is 1. The van der Waals surface area contributed by atoms with Crippen LogP contribution in [0.4, 0.5) is 5.69 Å². The van der Waals surface area contributed by atoms with Crippen molar-refractivity contribution in [2.24, 2.45) is 0 Å². The van der Waals surface area contributed by atoms with Gasteiger partial charge in [-0.1, -0.05) is 11.6 Å². The van der Waals surface area contributed by atoms with Crippen LogP contribution in [0.25, 0.3) is 0 Å². The number of rotatable bonds is 2. The van der Waals surface area contributed by atoms with Crippen LogP contribution in [0.5, 0.6) is 0 Å². The molecule has 0 aliphatic carbocycles. The highest BCUT2D eigenvalue weighted by molar-refractivity contribution is 6.34. The summed E-state index contributed by atoms with van der Waals surface area (Å²) in [7, 11) is 0. The monoisotopic (exact) mass is 298 g/mol. The molecular formula is C13H15ClN2O4. The molecule has 1 aromatic carbocycles. The number of non-ortho nitro benzene ring substituents is 1. The lowest BCUT2D eigenvalue weighted by atomic mass is 10.0. The minimum atomic E-state index is -0.543. The van der Waals surface area contributed by atoms with Crippen LogP contribution in [-0.4, -0.2) is 41.0 Å². The second-order valence-corrected chi connectivity index (χ2v) is 5.65. The molecule has 2 rings (SSSR count). The number of ether oxygens (including phenoxy) is 1. The van der Waals surface area contributed by atoms with Crippen molar-refractivity contribution in [2.75, 3.05) is 19.8 Å². The van der Waals surface area contributed by atoms with E-state index in [1.54, 1.807) is 4.90 Å². The number of benzene rings is 1. The van der Waals surface area contributed by atoms with Crippen LogP contribution in [0.1, 0.15) is 24.2 Å². The average Bonchev–Trinajstić information content (AvgIpc) is 2.37. The van der Waals surface area contributed by atoms with Crippen molar-refractivity contribution in [3.8, 4) is 0 Å². The van der Waals surface area contributed by atoms with Gasteiger partial charge in [0.25, 0.3) is 11.6 Å². The standard InChI is InChI=1S/C13H15ClN2O4/c1-13(2)8-20-6-5-15(13)12(17)10-4-3-9(16(18)19)7-11(10)14/h3-4,7H,5-6,8H2,1-2H3. The predicted molar refractivity (Wildman–Crippen MR) is 74.0 cm³/mol. The summed E-state index contributed by atoms with van der Waals surface area (Å²) in [6.45, 7) is 5.20. The van der Waals surface area contributed by atoms with E-state index in [-0.39, 0.29) is 22.2 Å². The summed E-state index contributed by atoms with van der Waals surface area (Å²) in [4.78, 5) is 24.3. The summed E-state index contributed by atoms with van der Waals surface area (Å²) in [6, 6.07) is 3.88. The molecule has 108 valence electrons. The Kier molecular flexibility index (Phi) is 3.96. The fourth-order valence-corrected chi connectivity index (χ4v) is 2.43. The van der Waals surface area contributed by atoms with E-state index in [9.17, 15) is 14.9 Å². The number of nitro benzene ring substituents is 1. The summed E-state index contributed by atoms with van der Waals surface area (Å²) >= 11 is 6.00. The lowest BCUT2D eigenvalue weighted by molar-refractivity contribution is -0.384. The molecule has 0 aromatic heterocycles. The Morgan fingerprint density at radius 1 is 1.50 bits per heavy atom. The fourth-order valence-electron chi connectivity index (χ4n) is 2.17. The molecule has 0 saturated carbocycles. The molecule has 1 aromatic rings. The zero-order valence-electron chi connectivity index (χ0n) is 11.3. The molecule has 1 fully saturated rings. The van der Waals surface area contributed by atoms with E-state index in [4.69, 9.17) is 16.3 Å². The number of carbonyl (C=O) groups is 1. The maximum absolute atomic E-state index is 12.5. The lowest BCUT2D eigenvalue weighted by Gasteiger charge is -2.42. The number of nitro groups is 1. The van der Waals surface area contributed by atoms with Gasteiger partial charge in [0.1, 0.15) is 0 Å². The molecule has 20 heavy (non-hydrogen) atoms. The smallest absolute Gasteiger partial charge is 0.270 e. The molecule has 0 spiro atoms. The minimum Gasteiger partial charge on any atom is -0.377 e. The highest BCUT2D eigenvalue weighted by Gasteiger charge is 2.35. The van der Waals surface area contributed by atoms with Gasteiger partial charge in [-0.25, -0.2) is 0 Å². The summed E-state index contributed by atoms with van der Waals surface area (Å²) in [5.41, 5.74) is -0.291. The summed E-state index contributed by atoms with van der Waals surface area (Å²) in [5, 5.41) is 10.8. The third-order valence-electron chi connectivity index (χ3n) is 3.28. The molecule has 1 heterocycles. The van der Waals surface area contributed by atoms with Crippen molar-refractivity contribution < 1.29 is 14.5 Å². The van der Waals surface area contributed by atoms with E-state index < -0.39 is 10.5 Å². The number of hydrogen-bond acceptors (Lipinski definition) is 4. The van der Waals surface area contributed by atoms with Crippen LogP contribution < -0.4 is 0 Å². The number of morpholine rings is 1. The highest BCUT2D eigenvalue weighted by Crippen LogP contribution is 2.27. The van der Waals surface area contributed by atoms with Crippen molar-refractivity contribution in [3.05, 3.63) is 38.9 Å². The van der Waals surface area contributed by atoms with E-state index in [2.05, 4.69) is 0 Å². The van der Waals surface area contributed by atoms with Crippen LogP contribution in [0.15, 0.2) is 18.2 Å². The molecule has 1 amide bonds. The number of nitrogens with zero attached hydrogens (tertiary/aromatic N) is 2. The van der Waals surface area contributed by atoms with Gasteiger partial charge >= 0.3 is 0 Å². The van der Waals surface area contributed by atoms with Gasteiger partial charge < -0.3 is 9.64 Å². The topological polar surface area (TPSA) is 72.7 Å². The van der Waals surface area contributed by atoms with E-state index in [0.29, 0.717) is 19.8 Å². The molecule has 0 N–H and O–H groups in total. The maximum Gasteiger partial charge on any atom is 0.270 e. The first-order valence-corrected chi connectivity index (χ1v) is 6.54. The van der Waals surface area contributed by atoms with Crippen molar-refractivity contribution >= 4 is 23.2 Å². The average molecular weight is 299 g/mol. The number of halogens is 1. The Bertz CT molecular complexity index is 559. The van der Waals surface area contributed by atoms with Gasteiger partial charge in [-0.15, -0.1) is 0 Å². The molecular weight excluding hydrogens is 284 g/mol. The van der Waals surface area contributed by atoms with Gasteiger partial charge in [0, 0.05) is 18.7 Å². The Morgan fingerprint density at radius 2 is 2.20 bits per heavy atom. The lowest BCUT2D eigenvalue weighted by Crippen LogP contribution is -2.55. The summed E-state index contributed by atoms with van der Waals surface area (Å²) < 4.78 is 5.37. The first kappa shape index (κ1) is 14.7. The van der Waals surface area contributed by atoms with Gasteiger partial charge in [-0.3, -0.25) is 14.9 Å². The quantitative estimate of drug-likeness (QED) is 0.621. The van der Waals surface area contributed by atoms with Gasteiger partial charge in [0.15, 0.2) is 0 Å². The highest BCUT2D eigenvalue weighted by atomic mass is 35.5. The van der Waals surface area contributed by atoms with E-state index in [1.807, 2.05) is 13.8 Å². The molecule has 0 bridgehead atoms. The summed E-state index contributed by atoms with van der Waals surface area (Å²) in [5.74, 6) is -0.238. The first-order chi connectivity index (χ1) is 9.33. The molecule has 6 nitrogen and oxygen atoms in total. The third kappa shape index (κ3) is 2.76. The largest absolute Gasteiger partial charge is 0.377 e. The third-order valence-corrected chi connectivity index (χ3v) is 3.60. The minimum absolute atomic E-state index is 0.0893. The number of hydrogen-bond donors (Lipinski definition) is 0. The Labute approximate surface area is 121 Å². The van der Waals surface area contributed by atoms with Crippen LogP contribution >= 0.6 is 11.6 Å². The van der Waals surface area contributed by atoms with Crippen LogP contribution in [0.3, 0.4) is 0 Å². The van der Waals surface area contributed by atoms with E-state index in [1.165, 1.54) is 18.2 Å². The Balaban J connectivity index is 2.31. The van der Waals surface area contributed by atoms with Crippen molar-refractivity contribution in [2.45, 2.75) is 19.4 Å². The van der Waals surface area contributed by atoms with Crippen molar-refractivity contribution in [3.63, 3.8) is 0 Å². The molecule has 1 saturated heterocycles. The van der Waals surface area contributed by atoms with Crippen LogP contribution in [-0.2, 0) is 4.74 Å². The van der Waals surface area contributed by atoms with Gasteiger partial charge in [0.05, 0.1) is 34.3 Å². The first-order valence-electron chi connectivity index (χ1n) is 6.16. The molecule has 0 radical (unpaired) electrons. The predicted octanol–water partition coefficient (Wildman–Crippen LogP) is 2.50. The zero-order valence-corrected chi connectivity index (χ0v) is 12.0. The second-order valence-electron chi connectivity index (χ2n) is 5.24. The molecule has 0 unspecified atom stereocenters. The van der Waals surface area contributed by atoms with Crippen molar-refractivity contribution in [1.82, 2.24) is 4.90 Å². The molecule has 1 aliphatic heterocycles. The summed E-state index contributed by atoms with van der Waals surface area (Å²) in [6.07, 6.45) is 0. The van der Waals surface area contributed by atoms with Gasteiger partial charge in [-0.05, 0) is 19.9 Å². The van der Waals surface area contributed by atoms with Gasteiger partial charge in [-0.2, -0.15) is 0 Å². The molecule has 0 atom stereocenters. The Hall–Kier alpha value is -1.66. The maximum atomic E-state index is 12.5. The molecule has 7 heteroatoms. The SMILES string of the molecule is CC1(C)COCCN1C(=O)c1ccc([N+](=O)[O-])cc1Cl. The van der Waals surface area contributed by atoms with Crippen molar-refractivity contribution in [1.29, 1.82) is 0 Å². The van der Waals surface area contributed by atoms with E-state index >= 15 is 0 Å². The number of amides is 1. The van der Waals surface area contributed by atoms with Crippen LogP contribution in [0.2, 0.25) is 5.02 Å².